The number of hydrogen-bond acceptors (Lipinski definition) is 4. The van der Waals surface area contributed by atoms with E-state index < -0.39 is 15.9 Å². The van der Waals surface area contributed by atoms with E-state index in [1.807, 2.05) is 0 Å². The van der Waals surface area contributed by atoms with Gasteiger partial charge < -0.3 is 9.88 Å². The van der Waals surface area contributed by atoms with Crippen LogP contribution in [0.5, 0.6) is 0 Å². The number of rotatable bonds is 5. The second-order valence-electron chi connectivity index (χ2n) is 5.41. The number of carbonyl (C=O) groups is 2. The average Bonchev–Trinajstić information content (AvgIpc) is 2.85. The van der Waals surface area contributed by atoms with Gasteiger partial charge in [0.1, 0.15) is 0 Å². The zero-order chi connectivity index (χ0) is 17.9. The number of sulfonamides is 1. The third kappa shape index (κ3) is 4.02. The number of nitrogens with zero attached hydrogens (tertiary/aromatic N) is 1. The number of hydrogen-bond donors (Lipinski definition) is 2. The lowest BCUT2D eigenvalue weighted by atomic mass is 10.2. The monoisotopic (exact) mass is 349 g/mol. The Bertz CT molecular complexity index is 867. The summed E-state index contributed by atoms with van der Waals surface area (Å²) in [5.41, 5.74) is 1.74. The summed E-state index contributed by atoms with van der Waals surface area (Å²) in [5, 5.41) is 2.62. The van der Waals surface area contributed by atoms with Crippen molar-refractivity contribution in [1.82, 2.24) is 14.6 Å². The van der Waals surface area contributed by atoms with Crippen molar-refractivity contribution in [2.45, 2.75) is 25.3 Å². The summed E-state index contributed by atoms with van der Waals surface area (Å²) in [6.07, 6.45) is 1.69. The summed E-state index contributed by atoms with van der Waals surface area (Å²) < 4.78 is 28.4. The van der Waals surface area contributed by atoms with Crippen molar-refractivity contribution in [3.63, 3.8) is 0 Å². The van der Waals surface area contributed by atoms with Crippen LogP contribution in [0.25, 0.3) is 0 Å². The lowest BCUT2D eigenvalue weighted by molar-refractivity contribution is -0.119. The van der Waals surface area contributed by atoms with Gasteiger partial charge in [-0.3, -0.25) is 9.59 Å². The van der Waals surface area contributed by atoms with Crippen LogP contribution in [-0.4, -0.2) is 24.8 Å². The maximum absolute atomic E-state index is 12.3. The number of benzene rings is 1. The molecule has 2 rings (SSSR count). The molecule has 128 valence electrons. The predicted molar refractivity (Wildman–Crippen MR) is 88.8 cm³/mol. The van der Waals surface area contributed by atoms with Crippen LogP contribution in [0.15, 0.2) is 41.4 Å². The van der Waals surface area contributed by atoms with E-state index in [2.05, 4.69) is 10.0 Å². The lowest BCUT2D eigenvalue weighted by Crippen LogP contribution is -2.31. The third-order valence-electron chi connectivity index (χ3n) is 3.63. The van der Waals surface area contributed by atoms with E-state index in [0.29, 0.717) is 17.8 Å². The topological polar surface area (TPSA) is 97.3 Å². The highest BCUT2D eigenvalue weighted by molar-refractivity contribution is 7.90. The summed E-state index contributed by atoms with van der Waals surface area (Å²) >= 11 is 0. The maximum atomic E-state index is 12.3. The molecule has 0 saturated carbocycles. The molecular formula is C16H19N3O4S. The molecule has 1 heterocycles. The maximum Gasteiger partial charge on any atom is 0.266 e. The molecular weight excluding hydrogens is 330 g/mol. The normalized spacial score (nSPS) is 11.1. The summed E-state index contributed by atoms with van der Waals surface area (Å²) in [6, 6.07) is 7.53. The minimum atomic E-state index is -3.96. The van der Waals surface area contributed by atoms with Crippen LogP contribution >= 0.6 is 0 Å². The molecule has 24 heavy (non-hydrogen) atoms. The molecule has 0 bridgehead atoms. The van der Waals surface area contributed by atoms with Crippen molar-refractivity contribution >= 4 is 21.8 Å². The molecule has 2 N–H and O–H groups in total. The lowest BCUT2D eigenvalue weighted by Gasteiger charge is -2.08. The highest BCUT2D eigenvalue weighted by Gasteiger charge is 2.20. The van der Waals surface area contributed by atoms with Crippen molar-refractivity contribution < 1.29 is 18.0 Å². The molecule has 0 unspecified atom stereocenters. The molecule has 0 radical (unpaired) electrons. The Balaban J connectivity index is 2.14. The van der Waals surface area contributed by atoms with Gasteiger partial charge in [-0.15, -0.1) is 0 Å². The van der Waals surface area contributed by atoms with Gasteiger partial charge in [0.2, 0.25) is 5.91 Å². The van der Waals surface area contributed by atoms with E-state index in [9.17, 15) is 18.0 Å². The quantitative estimate of drug-likeness (QED) is 0.844. The van der Waals surface area contributed by atoms with Crippen LogP contribution in [0.1, 0.15) is 28.5 Å². The minimum Gasteiger partial charge on any atom is -0.354 e. The van der Waals surface area contributed by atoms with Gasteiger partial charge in [-0.2, -0.15) is 0 Å². The molecule has 7 nitrogen and oxygen atoms in total. The molecule has 0 aliphatic heterocycles. The summed E-state index contributed by atoms with van der Waals surface area (Å²) in [6.45, 7) is 3.45. The summed E-state index contributed by atoms with van der Waals surface area (Å²) in [5.74, 6) is -0.840. The van der Waals surface area contributed by atoms with E-state index in [4.69, 9.17) is 0 Å². The number of aryl methyl sites for hydroxylation is 1. The van der Waals surface area contributed by atoms with Gasteiger partial charge >= 0.3 is 0 Å². The molecule has 0 atom stereocenters. The average molecular weight is 349 g/mol. The van der Waals surface area contributed by atoms with Gasteiger partial charge in [0.25, 0.3) is 15.9 Å². The SMILES string of the molecule is CC(=O)NCc1ccc(S(=O)(=O)NC(=O)c2ccn(C)c2C)cc1. The van der Waals surface area contributed by atoms with Crippen molar-refractivity contribution in [3.05, 3.63) is 53.3 Å². The molecule has 1 aromatic carbocycles. The molecule has 8 heteroatoms. The molecule has 2 amide bonds. The smallest absolute Gasteiger partial charge is 0.266 e. The van der Waals surface area contributed by atoms with E-state index in [-0.39, 0.29) is 10.8 Å². The highest BCUT2D eigenvalue weighted by Crippen LogP contribution is 2.13. The van der Waals surface area contributed by atoms with Crippen LogP contribution in [-0.2, 0) is 28.4 Å². The first-order chi connectivity index (χ1) is 11.2. The summed E-state index contributed by atoms with van der Waals surface area (Å²) in [4.78, 5) is 23.0. The molecule has 0 aliphatic carbocycles. The number of carbonyl (C=O) groups excluding carboxylic acids is 2. The Labute approximate surface area is 140 Å². The van der Waals surface area contributed by atoms with Crippen molar-refractivity contribution in [2.24, 2.45) is 7.05 Å². The van der Waals surface area contributed by atoms with Gasteiger partial charge in [-0.1, -0.05) is 12.1 Å². The Kier molecular flexibility index (Phi) is 5.08. The Morgan fingerprint density at radius 3 is 2.25 bits per heavy atom. The largest absolute Gasteiger partial charge is 0.354 e. The predicted octanol–water partition coefficient (Wildman–Crippen LogP) is 1.09. The van der Waals surface area contributed by atoms with E-state index in [1.54, 1.807) is 42.9 Å². The Hall–Kier alpha value is -2.61. The highest BCUT2D eigenvalue weighted by atomic mass is 32.2. The van der Waals surface area contributed by atoms with Gasteiger partial charge in [-0.05, 0) is 30.7 Å². The molecule has 1 aromatic heterocycles. The van der Waals surface area contributed by atoms with E-state index >= 15 is 0 Å². The van der Waals surface area contributed by atoms with Crippen molar-refractivity contribution in [3.8, 4) is 0 Å². The standard InChI is InChI=1S/C16H19N3O4S/c1-11-15(8-9-19(11)3)16(21)18-24(22,23)14-6-4-13(5-7-14)10-17-12(2)20/h4-9H,10H2,1-3H3,(H,17,20)(H,18,21). The van der Waals surface area contributed by atoms with E-state index in [0.717, 1.165) is 5.56 Å². The zero-order valence-corrected chi connectivity index (χ0v) is 14.5. The summed E-state index contributed by atoms with van der Waals surface area (Å²) in [7, 11) is -2.19. The first kappa shape index (κ1) is 17.7. The number of nitrogens with one attached hydrogen (secondary N) is 2. The Morgan fingerprint density at radius 2 is 1.75 bits per heavy atom. The van der Waals surface area contributed by atoms with Crippen molar-refractivity contribution in [2.75, 3.05) is 0 Å². The van der Waals surface area contributed by atoms with Crippen LogP contribution < -0.4 is 10.0 Å². The third-order valence-corrected chi connectivity index (χ3v) is 4.98. The van der Waals surface area contributed by atoms with E-state index in [1.165, 1.54) is 19.1 Å². The zero-order valence-electron chi connectivity index (χ0n) is 13.7. The van der Waals surface area contributed by atoms with Crippen LogP contribution in [0.3, 0.4) is 0 Å². The van der Waals surface area contributed by atoms with Gasteiger partial charge in [0.05, 0.1) is 10.5 Å². The molecule has 0 aliphatic rings. The van der Waals surface area contributed by atoms with Crippen molar-refractivity contribution in [1.29, 1.82) is 0 Å². The van der Waals surface area contributed by atoms with Crippen LogP contribution in [0, 0.1) is 6.92 Å². The minimum absolute atomic E-state index is 0.0176. The molecule has 0 fully saturated rings. The second kappa shape index (κ2) is 6.88. The first-order valence-electron chi connectivity index (χ1n) is 7.23. The fourth-order valence-corrected chi connectivity index (χ4v) is 3.06. The van der Waals surface area contributed by atoms with Gasteiger partial charge in [0, 0.05) is 32.4 Å². The van der Waals surface area contributed by atoms with Crippen LogP contribution in [0.4, 0.5) is 0 Å². The van der Waals surface area contributed by atoms with Crippen LogP contribution in [0.2, 0.25) is 0 Å². The molecule has 2 aromatic rings. The second-order valence-corrected chi connectivity index (χ2v) is 7.10. The molecule has 0 spiro atoms. The number of amides is 2. The molecule has 0 saturated heterocycles. The number of aromatic nitrogens is 1. The van der Waals surface area contributed by atoms with Gasteiger partial charge in [-0.25, -0.2) is 13.1 Å². The Morgan fingerprint density at radius 1 is 1.12 bits per heavy atom. The first-order valence-corrected chi connectivity index (χ1v) is 8.71. The fourth-order valence-electron chi connectivity index (χ4n) is 2.10. The van der Waals surface area contributed by atoms with Gasteiger partial charge in [0.15, 0.2) is 0 Å². The fraction of sp³-hybridized carbons (Fsp3) is 0.250.